The normalized spacial score (nSPS) is 14.5. The van der Waals surface area contributed by atoms with Crippen LogP contribution in [-0.4, -0.2) is 5.43 Å². The molecule has 0 aliphatic heterocycles. The van der Waals surface area contributed by atoms with Crippen LogP contribution in [0.3, 0.4) is 0 Å². The summed E-state index contributed by atoms with van der Waals surface area (Å²) >= 11 is 1.74. The Kier molecular flexibility index (Phi) is 16.7. The van der Waals surface area contributed by atoms with Crippen molar-refractivity contribution >= 4 is 27.0 Å². The van der Waals surface area contributed by atoms with Crippen LogP contribution in [-0.2, 0) is 49.0 Å². The SMILES string of the molecule is CCCC1(Cc2cc3c(-c4ccc(CC)cc4)cccc3[cH-]2)CC1.CCCC1(Cc2cc3c(-c4ccc(CC)cc4)cccc3[cH-]2)CC1.C[Si](C)=[Zr+2].[Cl-].[Cl-]. The predicted molar refractivity (Wildman–Crippen MR) is 227 cm³/mol. The van der Waals surface area contributed by atoms with Crippen LogP contribution in [0.15, 0.2) is 109 Å². The van der Waals surface area contributed by atoms with Crippen molar-refractivity contribution in [1.29, 1.82) is 0 Å². The van der Waals surface area contributed by atoms with Gasteiger partial charge in [0.25, 0.3) is 0 Å². The van der Waals surface area contributed by atoms with Gasteiger partial charge in [-0.15, -0.1) is 69.1 Å². The second-order valence-electron chi connectivity index (χ2n) is 16.3. The fourth-order valence-corrected chi connectivity index (χ4v) is 8.45. The third-order valence-corrected chi connectivity index (χ3v) is 11.6. The van der Waals surface area contributed by atoms with Crippen LogP contribution in [0.1, 0.15) is 101 Å². The molecule has 0 spiro atoms. The third-order valence-electron chi connectivity index (χ3n) is 11.6. The number of hydrogen-bond acceptors (Lipinski definition) is 0. The van der Waals surface area contributed by atoms with E-state index in [2.05, 4.69) is 150 Å². The summed E-state index contributed by atoms with van der Waals surface area (Å²) in [5.41, 5.74) is 12.8. The first-order valence-electron chi connectivity index (χ1n) is 20.3. The van der Waals surface area contributed by atoms with Gasteiger partial charge in [0, 0.05) is 0 Å². The molecule has 0 nitrogen and oxygen atoms in total. The van der Waals surface area contributed by atoms with Crippen LogP contribution in [0, 0.1) is 10.8 Å². The number of aryl methyl sites for hydroxylation is 2. The van der Waals surface area contributed by atoms with E-state index in [1.54, 1.807) is 23.3 Å². The fraction of sp³-hybridized carbons (Fsp3) is 0.400. The zero-order valence-electron chi connectivity index (χ0n) is 33.6. The molecule has 2 aliphatic carbocycles. The molecule has 0 bridgehead atoms. The quantitative estimate of drug-likeness (QED) is 0.0856. The summed E-state index contributed by atoms with van der Waals surface area (Å²) in [6, 6.07) is 41.4. The molecule has 6 aromatic rings. The Balaban J connectivity index is 0.000000212. The van der Waals surface area contributed by atoms with Gasteiger partial charge in [-0.1, -0.05) is 112 Å². The minimum Gasteiger partial charge on any atom is -1.00 e. The van der Waals surface area contributed by atoms with Crippen molar-refractivity contribution in [3.63, 3.8) is 0 Å². The van der Waals surface area contributed by atoms with Gasteiger partial charge < -0.3 is 24.8 Å². The van der Waals surface area contributed by atoms with Crippen LogP contribution in [0.4, 0.5) is 0 Å². The number of fused-ring (bicyclic) bond motifs is 2. The van der Waals surface area contributed by atoms with Crippen LogP contribution < -0.4 is 24.8 Å². The number of hydrogen-bond donors (Lipinski definition) is 0. The van der Waals surface area contributed by atoms with Crippen LogP contribution >= 0.6 is 0 Å². The minimum absolute atomic E-state index is 0. The molecule has 2 fully saturated rings. The topological polar surface area (TPSA) is 0 Å². The van der Waals surface area contributed by atoms with Gasteiger partial charge in [-0.05, 0) is 97.3 Å². The van der Waals surface area contributed by atoms with E-state index < -0.39 is 0 Å². The molecule has 0 N–H and O–H groups in total. The molecule has 0 atom stereocenters. The third kappa shape index (κ3) is 11.4. The smallest absolute Gasteiger partial charge is 1.00 e. The van der Waals surface area contributed by atoms with E-state index in [1.807, 2.05) is 0 Å². The van der Waals surface area contributed by atoms with Crippen molar-refractivity contribution < 1.29 is 48.1 Å². The second kappa shape index (κ2) is 20.3. The summed E-state index contributed by atoms with van der Waals surface area (Å²) in [5.74, 6) is 0. The van der Waals surface area contributed by atoms with Crippen LogP contribution in [0.5, 0.6) is 0 Å². The zero-order valence-corrected chi connectivity index (χ0v) is 38.6. The average molecular weight is 851 g/mol. The summed E-state index contributed by atoms with van der Waals surface area (Å²) in [7, 11) is 0. The van der Waals surface area contributed by atoms with Crippen molar-refractivity contribution in [1.82, 2.24) is 0 Å². The maximum Gasteiger partial charge on any atom is -1.00 e. The summed E-state index contributed by atoms with van der Waals surface area (Å²) < 4.78 is 0. The van der Waals surface area contributed by atoms with Gasteiger partial charge in [0.2, 0.25) is 0 Å². The molecule has 2 aliphatic rings. The maximum atomic E-state index is 2.45. The van der Waals surface area contributed by atoms with Gasteiger partial charge >= 0.3 is 41.9 Å². The van der Waals surface area contributed by atoms with Crippen molar-refractivity contribution in [2.45, 2.75) is 118 Å². The van der Waals surface area contributed by atoms with Crippen LogP contribution in [0.25, 0.3) is 43.8 Å². The molecule has 0 amide bonds. The van der Waals surface area contributed by atoms with Gasteiger partial charge in [-0.25, -0.2) is 0 Å². The van der Waals surface area contributed by atoms with Gasteiger partial charge in [-0.2, -0.15) is 12.1 Å². The molecular formula is C50H60Cl2SiZr-2. The van der Waals surface area contributed by atoms with E-state index in [1.165, 1.54) is 130 Å². The maximum absolute atomic E-state index is 2.45. The van der Waals surface area contributed by atoms with Gasteiger partial charge in [-0.3, -0.25) is 0 Å². The fourth-order valence-electron chi connectivity index (χ4n) is 8.45. The van der Waals surface area contributed by atoms with Crippen molar-refractivity contribution in [2.75, 3.05) is 0 Å². The molecule has 54 heavy (non-hydrogen) atoms. The van der Waals surface area contributed by atoms with E-state index in [9.17, 15) is 0 Å². The first-order valence-corrected chi connectivity index (χ1v) is 26.4. The molecule has 0 radical (unpaired) electrons. The average Bonchev–Trinajstić information content (AvgIpc) is 3.99. The first kappa shape index (κ1) is 44.5. The molecule has 0 unspecified atom stereocenters. The van der Waals surface area contributed by atoms with E-state index in [4.69, 9.17) is 0 Å². The Hall–Kier alpha value is -2.22. The minimum atomic E-state index is 0. The van der Waals surface area contributed by atoms with E-state index in [-0.39, 0.29) is 30.2 Å². The van der Waals surface area contributed by atoms with Crippen LogP contribution in [0.2, 0.25) is 13.1 Å². The largest absolute Gasteiger partial charge is 1.00 e. The van der Waals surface area contributed by atoms with E-state index >= 15 is 0 Å². The number of rotatable bonds is 12. The predicted octanol–water partition coefficient (Wildman–Crippen LogP) is 8.61. The summed E-state index contributed by atoms with van der Waals surface area (Å²) in [4.78, 5) is 0. The number of halogens is 2. The first-order chi connectivity index (χ1) is 25.2. The van der Waals surface area contributed by atoms with Crippen molar-refractivity contribution in [3.05, 3.63) is 131 Å². The Morgan fingerprint density at radius 3 is 1.20 bits per heavy atom. The van der Waals surface area contributed by atoms with Gasteiger partial charge in [0.15, 0.2) is 0 Å². The van der Waals surface area contributed by atoms with Gasteiger partial charge in [0.1, 0.15) is 0 Å². The molecule has 8 rings (SSSR count). The Morgan fingerprint density at radius 2 is 0.907 bits per heavy atom. The standard InChI is InChI=1S/2C24H27.C2H6Si.2ClH.Zr/c2*1-3-12-24(13-14-24)17-19-15-21-6-5-7-22(23(21)16-19)20-10-8-18(4-2)9-11-20;1-3-2;;;/h2*5-11,15-16H,3-4,12-14,17H2,1-2H3;1-2H3;2*1H;/q2*-1;;;;+2/p-2. The molecule has 6 aromatic carbocycles. The van der Waals surface area contributed by atoms with Gasteiger partial charge in [0.05, 0.1) is 0 Å². The molecule has 0 saturated heterocycles. The molecule has 4 heteroatoms. The summed E-state index contributed by atoms with van der Waals surface area (Å²) in [6.07, 6.45) is 15.8. The summed E-state index contributed by atoms with van der Waals surface area (Å²) in [6.45, 7) is 13.7. The Labute approximate surface area is 354 Å². The Morgan fingerprint density at radius 1 is 0.556 bits per heavy atom. The molecule has 0 heterocycles. The van der Waals surface area contributed by atoms with E-state index in [0.717, 1.165) is 12.8 Å². The Bertz CT molecular complexity index is 1920. The van der Waals surface area contributed by atoms with Crippen molar-refractivity contribution in [3.8, 4) is 22.3 Å². The second-order valence-corrected chi connectivity index (χ2v) is 25.7. The zero-order chi connectivity index (χ0) is 36.7. The van der Waals surface area contributed by atoms with E-state index in [0.29, 0.717) is 10.8 Å². The molecule has 2 saturated carbocycles. The monoisotopic (exact) mass is 848 g/mol. The molecule has 284 valence electrons. The van der Waals surface area contributed by atoms with Crippen molar-refractivity contribution in [2.24, 2.45) is 10.8 Å². The number of benzene rings is 4. The molecule has 0 aromatic heterocycles. The molecular weight excluding hydrogens is 791 g/mol. The summed E-state index contributed by atoms with van der Waals surface area (Å²) in [5, 5.41) is 5.64.